The lowest BCUT2D eigenvalue weighted by Gasteiger charge is -2.16. The van der Waals surface area contributed by atoms with E-state index in [0.29, 0.717) is 5.02 Å². The molecule has 1 aromatic carbocycles. The number of hydrogen-bond donors (Lipinski definition) is 1. The lowest BCUT2D eigenvalue weighted by molar-refractivity contribution is 0.884. The van der Waals surface area contributed by atoms with Crippen LogP contribution in [0.1, 0.15) is 18.5 Å². The molecule has 0 radical (unpaired) electrons. The third-order valence-electron chi connectivity index (χ3n) is 2.49. The van der Waals surface area contributed by atoms with Crippen LogP contribution in [0.5, 0.6) is 0 Å². The van der Waals surface area contributed by atoms with Crippen LogP contribution in [-0.2, 0) is 0 Å². The van der Waals surface area contributed by atoms with Crippen LogP contribution < -0.4 is 5.32 Å². The number of nitrogens with one attached hydrogen (secondary N) is 1. The Kier molecular flexibility index (Phi) is 3.87. The summed E-state index contributed by atoms with van der Waals surface area (Å²) in [7, 11) is 0. The largest absolute Gasteiger partial charge is 0.377 e. The van der Waals surface area contributed by atoms with Crippen LogP contribution in [0.2, 0.25) is 10.0 Å². The Balaban J connectivity index is 2.17. The van der Waals surface area contributed by atoms with E-state index >= 15 is 0 Å². The topological polar surface area (TPSA) is 24.9 Å². The van der Waals surface area contributed by atoms with Gasteiger partial charge in [-0.05, 0) is 30.7 Å². The second-order valence-electron chi connectivity index (χ2n) is 3.78. The highest BCUT2D eigenvalue weighted by Gasteiger charge is 2.07. The highest BCUT2D eigenvalue weighted by Crippen LogP contribution is 2.25. The molecular formula is C13H12Cl2N2. The quantitative estimate of drug-likeness (QED) is 0.881. The van der Waals surface area contributed by atoms with Gasteiger partial charge < -0.3 is 5.32 Å². The van der Waals surface area contributed by atoms with Crippen LogP contribution in [0.3, 0.4) is 0 Å². The molecule has 0 spiro atoms. The van der Waals surface area contributed by atoms with Gasteiger partial charge in [0.15, 0.2) is 0 Å². The standard InChI is InChI=1S/C13H12Cl2N2/c1-9(10-3-2-4-11(14)7-10)17-13-5-6-16-8-12(13)15/h2-9H,1H3,(H,16,17). The molecule has 2 nitrogen and oxygen atoms in total. The Labute approximate surface area is 111 Å². The van der Waals surface area contributed by atoms with Gasteiger partial charge in [-0.1, -0.05) is 35.3 Å². The van der Waals surface area contributed by atoms with Crippen LogP contribution in [0.15, 0.2) is 42.7 Å². The molecule has 0 saturated heterocycles. The molecule has 88 valence electrons. The van der Waals surface area contributed by atoms with Gasteiger partial charge in [0.25, 0.3) is 0 Å². The van der Waals surface area contributed by atoms with Gasteiger partial charge in [-0.3, -0.25) is 4.98 Å². The van der Waals surface area contributed by atoms with Crippen LogP contribution >= 0.6 is 23.2 Å². The Bertz CT molecular complexity index is 514. The number of nitrogens with zero attached hydrogens (tertiary/aromatic N) is 1. The Hall–Kier alpha value is -1.25. The van der Waals surface area contributed by atoms with Crippen LogP contribution in [0.4, 0.5) is 5.69 Å². The smallest absolute Gasteiger partial charge is 0.0820 e. The molecule has 0 aliphatic heterocycles. The molecule has 1 N–H and O–H groups in total. The molecule has 2 aromatic rings. The lowest BCUT2D eigenvalue weighted by Crippen LogP contribution is -2.06. The summed E-state index contributed by atoms with van der Waals surface area (Å²) in [6.45, 7) is 2.06. The van der Waals surface area contributed by atoms with Gasteiger partial charge in [-0.2, -0.15) is 0 Å². The molecule has 0 aliphatic rings. The van der Waals surface area contributed by atoms with Gasteiger partial charge in [0.05, 0.1) is 10.7 Å². The summed E-state index contributed by atoms with van der Waals surface area (Å²) >= 11 is 12.0. The van der Waals surface area contributed by atoms with Crippen molar-refractivity contribution in [3.63, 3.8) is 0 Å². The first-order chi connectivity index (χ1) is 8.16. The molecule has 0 fully saturated rings. The summed E-state index contributed by atoms with van der Waals surface area (Å²) < 4.78 is 0. The summed E-state index contributed by atoms with van der Waals surface area (Å²) in [5, 5.41) is 4.67. The van der Waals surface area contributed by atoms with E-state index < -0.39 is 0 Å². The number of halogens is 2. The number of anilines is 1. The average Bonchev–Trinajstić information content (AvgIpc) is 2.32. The first-order valence-corrected chi connectivity index (χ1v) is 6.04. The first-order valence-electron chi connectivity index (χ1n) is 5.28. The average molecular weight is 267 g/mol. The second kappa shape index (κ2) is 5.39. The maximum Gasteiger partial charge on any atom is 0.0820 e. The Morgan fingerprint density at radius 1 is 1.24 bits per heavy atom. The molecule has 2 rings (SSSR count). The normalized spacial score (nSPS) is 12.2. The minimum absolute atomic E-state index is 0.133. The zero-order chi connectivity index (χ0) is 12.3. The molecule has 4 heteroatoms. The van der Waals surface area contributed by atoms with E-state index in [0.717, 1.165) is 16.3 Å². The van der Waals surface area contributed by atoms with Gasteiger partial charge >= 0.3 is 0 Å². The summed E-state index contributed by atoms with van der Waals surface area (Å²) in [6.07, 6.45) is 3.33. The number of aromatic nitrogens is 1. The predicted molar refractivity (Wildman–Crippen MR) is 72.7 cm³/mol. The summed E-state index contributed by atoms with van der Waals surface area (Å²) in [5.41, 5.74) is 1.99. The van der Waals surface area contributed by atoms with Gasteiger partial charge in [0, 0.05) is 23.5 Å². The maximum atomic E-state index is 6.04. The molecule has 1 aromatic heterocycles. The van der Waals surface area contributed by atoms with Crippen molar-refractivity contribution < 1.29 is 0 Å². The van der Waals surface area contributed by atoms with Gasteiger partial charge in [-0.15, -0.1) is 0 Å². The van der Waals surface area contributed by atoms with Crippen molar-refractivity contribution in [3.8, 4) is 0 Å². The summed E-state index contributed by atoms with van der Waals surface area (Å²) in [5.74, 6) is 0. The van der Waals surface area contributed by atoms with E-state index in [1.165, 1.54) is 0 Å². The van der Waals surface area contributed by atoms with Gasteiger partial charge in [0.2, 0.25) is 0 Å². The monoisotopic (exact) mass is 266 g/mol. The van der Waals surface area contributed by atoms with Crippen molar-refractivity contribution in [2.24, 2.45) is 0 Å². The van der Waals surface area contributed by atoms with Gasteiger partial charge in [-0.25, -0.2) is 0 Å². The fraction of sp³-hybridized carbons (Fsp3) is 0.154. The second-order valence-corrected chi connectivity index (χ2v) is 4.62. The zero-order valence-corrected chi connectivity index (χ0v) is 10.8. The third-order valence-corrected chi connectivity index (χ3v) is 3.03. The first kappa shape index (κ1) is 12.2. The minimum Gasteiger partial charge on any atom is -0.377 e. The number of rotatable bonds is 3. The van der Waals surface area contributed by atoms with E-state index in [2.05, 4.69) is 17.2 Å². The van der Waals surface area contributed by atoms with Crippen molar-refractivity contribution in [2.45, 2.75) is 13.0 Å². The van der Waals surface area contributed by atoms with Gasteiger partial charge in [0.1, 0.15) is 0 Å². The maximum absolute atomic E-state index is 6.04. The van der Waals surface area contributed by atoms with E-state index in [1.807, 2.05) is 30.3 Å². The highest BCUT2D eigenvalue weighted by molar-refractivity contribution is 6.33. The molecule has 0 saturated carbocycles. The van der Waals surface area contributed by atoms with Crippen LogP contribution in [-0.4, -0.2) is 4.98 Å². The number of pyridine rings is 1. The molecule has 17 heavy (non-hydrogen) atoms. The van der Waals surface area contributed by atoms with Crippen LogP contribution in [0, 0.1) is 0 Å². The molecule has 1 unspecified atom stereocenters. The molecule has 0 aliphatic carbocycles. The molecular weight excluding hydrogens is 255 g/mol. The Morgan fingerprint density at radius 3 is 2.76 bits per heavy atom. The predicted octanol–water partition coefficient (Wildman–Crippen LogP) is 4.56. The molecule has 1 heterocycles. The lowest BCUT2D eigenvalue weighted by atomic mass is 10.1. The van der Waals surface area contributed by atoms with E-state index in [4.69, 9.17) is 23.2 Å². The molecule has 0 amide bonds. The highest BCUT2D eigenvalue weighted by atomic mass is 35.5. The Morgan fingerprint density at radius 2 is 2.06 bits per heavy atom. The van der Waals surface area contributed by atoms with E-state index in [1.54, 1.807) is 12.4 Å². The number of hydrogen-bond acceptors (Lipinski definition) is 2. The third kappa shape index (κ3) is 3.11. The van der Waals surface area contributed by atoms with Crippen molar-refractivity contribution in [2.75, 3.05) is 5.32 Å². The van der Waals surface area contributed by atoms with E-state index in [9.17, 15) is 0 Å². The number of benzene rings is 1. The summed E-state index contributed by atoms with van der Waals surface area (Å²) in [6, 6.07) is 9.74. The van der Waals surface area contributed by atoms with E-state index in [-0.39, 0.29) is 6.04 Å². The summed E-state index contributed by atoms with van der Waals surface area (Å²) in [4.78, 5) is 3.95. The van der Waals surface area contributed by atoms with Crippen LogP contribution in [0.25, 0.3) is 0 Å². The fourth-order valence-corrected chi connectivity index (χ4v) is 1.96. The SMILES string of the molecule is CC(Nc1ccncc1Cl)c1cccc(Cl)c1. The molecule has 0 bridgehead atoms. The van der Waals surface area contributed by atoms with Crippen molar-refractivity contribution in [1.82, 2.24) is 4.98 Å². The minimum atomic E-state index is 0.133. The fourth-order valence-electron chi connectivity index (χ4n) is 1.58. The van der Waals surface area contributed by atoms with Crippen molar-refractivity contribution in [1.29, 1.82) is 0 Å². The zero-order valence-electron chi connectivity index (χ0n) is 9.32. The molecule has 1 atom stereocenters. The van der Waals surface area contributed by atoms with Crippen molar-refractivity contribution in [3.05, 3.63) is 58.3 Å². The van der Waals surface area contributed by atoms with Crippen molar-refractivity contribution >= 4 is 28.9 Å².